The van der Waals surface area contributed by atoms with Crippen molar-refractivity contribution in [1.29, 1.82) is 0 Å². The van der Waals surface area contributed by atoms with Crippen molar-refractivity contribution in [2.24, 2.45) is 5.84 Å². The van der Waals surface area contributed by atoms with Gasteiger partial charge in [-0.1, -0.05) is 29.3 Å². The normalized spacial score (nSPS) is 12.6. The number of hydrogen-bond donors (Lipinski definition) is 2. The molecule has 1 aromatic carbocycles. The highest BCUT2D eigenvalue weighted by molar-refractivity contribution is 6.42. The van der Waals surface area contributed by atoms with E-state index in [1.54, 1.807) is 18.6 Å². The molecule has 0 saturated heterocycles. The van der Waals surface area contributed by atoms with Crippen molar-refractivity contribution >= 4 is 23.2 Å². The van der Waals surface area contributed by atoms with Gasteiger partial charge < -0.3 is 4.42 Å². The lowest BCUT2D eigenvalue weighted by Gasteiger charge is -2.15. The molecule has 2 aromatic rings. The van der Waals surface area contributed by atoms with Gasteiger partial charge in [0.25, 0.3) is 0 Å². The van der Waals surface area contributed by atoms with Gasteiger partial charge in [-0.05, 0) is 42.2 Å². The van der Waals surface area contributed by atoms with Gasteiger partial charge in [0.05, 0.1) is 22.6 Å². The van der Waals surface area contributed by atoms with Crippen molar-refractivity contribution in [3.63, 3.8) is 0 Å². The molecule has 3 nitrogen and oxygen atoms in total. The third kappa shape index (κ3) is 3.50. The summed E-state index contributed by atoms with van der Waals surface area (Å²) < 4.78 is 5.04. The lowest BCUT2D eigenvalue weighted by Crippen LogP contribution is -2.38. The number of benzene rings is 1. The summed E-state index contributed by atoms with van der Waals surface area (Å²) in [5, 5.41) is 1.13. The second-order valence-electron chi connectivity index (χ2n) is 4.15. The van der Waals surface area contributed by atoms with E-state index in [1.807, 2.05) is 18.2 Å². The van der Waals surface area contributed by atoms with Crippen LogP contribution in [0.2, 0.25) is 10.0 Å². The average molecular weight is 285 g/mol. The molecule has 2 rings (SSSR count). The van der Waals surface area contributed by atoms with E-state index in [-0.39, 0.29) is 6.04 Å². The summed E-state index contributed by atoms with van der Waals surface area (Å²) in [5.41, 5.74) is 5.01. The van der Waals surface area contributed by atoms with Crippen LogP contribution in [-0.2, 0) is 12.8 Å². The summed E-state index contributed by atoms with van der Waals surface area (Å²) >= 11 is 11.9. The first kappa shape index (κ1) is 13.4. The van der Waals surface area contributed by atoms with Crippen LogP contribution in [0.15, 0.2) is 41.2 Å². The summed E-state index contributed by atoms with van der Waals surface area (Å²) in [5.74, 6) is 5.57. The Balaban J connectivity index is 2.03. The minimum atomic E-state index is 0.125. The SMILES string of the molecule is NNC(Cc1ccoc1)Cc1ccc(Cl)c(Cl)c1. The van der Waals surface area contributed by atoms with Crippen LogP contribution in [0.25, 0.3) is 0 Å². The molecular weight excluding hydrogens is 271 g/mol. The molecule has 1 atom stereocenters. The highest BCUT2D eigenvalue weighted by atomic mass is 35.5. The molecule has 0 radical (unpaired) electrons. The lowest BCUT2D eigenvalue weighted by molar-refractivity contribution is 0.514. The maximum absolute atomic E-state index is 5.98. The van der Waals surface area contributed by atoms with Crippen molar-refractivity contribution in [3.8, 4) is 0 Å². The molecule has 5 heteroatoms. The number of halogens is 2. The van der Waals surface area contributed by atoms with Gasteiger partial charge in [-0.2, -0.15) is 0 Å². The van der Waals surface area contributed by atoms with Crippen LogP contribution < -0.4 is 11.3 Å². The Morgan fingerprint density at radius 1 is 1.11 bits per heavy atom. The molecule has 0 bridgehead atoms. The number of hydrogen-bond acceptors (Lipinski definition) is 3. The molecule has 18 heavy (non-hydrogen) atoms. The van der Waals surface area contributed by atoms with Gasteiger partial charge in [-0.15, -0.1) is 0 Å². The van der Waals surface area contributed by atoms with E-state index in [1.165, 1.54) is 0 Å². The van der Waals surface area contributed by atoms with E-state index >= 15 is 0 Å². The maximum atomic E-state index is 5.98. The summed E-state index contributed by atoms with van der Waals surface area (Å²) in [6.45, 7) is 0. The van der Waals surface area contributed by atoms with E-state index in [4.69, 9.17) is 33.5 Å². The minimum absolute atomic E-state index is 0.125. The van der Waals surface area contributed by atoms with E-state index in [0.29, 0.717) is 10.0 Å². The number of nitrogens with two attached hydrogens (primary N) is 1. The fourth-order valence-electron chi connectivity index (χ4n) is 1.83. The lowest BCUT2D eigenvalue weighted by atomic mass is 10.0. The van der Waals surface area contributed by atoms with Crippen molar-refractivity contribution in [2.45, 2.75) is 18.9 Å². The molecule has 0 amide bonds. The van der Waals surface area contributed by atoms with Crippen molar-refractivity contribution in [3.05, 3.63) is 58.0 Å². The first-order chi connectivity index (χ1) is 8.69. The van der Waals surface area contributed by atoms with Crippen molar-refractivity contribution < 1.29 is 4.42 Å². The van der Waals surface area contributed by atoms with Crippen LogP contribution in [0, 0.1) is 0 Å². The Morgan fingerprint density at radius 3 is 2.50 bits per heavy atom. The van der Waals surface area contributed by atoms with Gasteiger partial charge in [0.1, 0.15) is 0 Å². The second kappa shape index (κ2) is 6.25. The smallest absolute Gasteiger partial charge is 0.0935 e. The van der Waals surface area contributed by atoms with Crippen LogP contribution >= 0.6 is 23.2 Å². The molecule has 0 aliphatic rings. The zero-order valence-electron chi connectivity index (χ0n) is 9.70. The summed E-state index contributed by atoms with van der Waals surface area (Å²) in [7, 11) is 0. The number of hydrazine groups is 1. The van der Waals surface area contributed by atoms with Crippen molar-refractivity contribution in [1.82, 2.24) is 5.43 Å². The fraction of sp³-hybridized carbons (Fsp3) is 0.231. The number of furan rings is 1. The quantitative estimate of drug-likeness (QED) is 0.655. The monoisotopic (exact) mass is 284 g/mol. The maximum Gasteiger partial charge on any atom is 0.0935 e. The van der Waals surface area contributed by atoms with E-state index < -0.39 is 0 Å². The Kier molecular flexibility index (Phi) is 4.66. The molecule has 0 aliphatic heterocycles. The van der Waals surface area contributed by atoms with Crippen LogP contribution in [-0.4, -0.2) is 6.04 Å². The van der Waals surface area contributed by atoms with Crippen LogP contribution in [0.1, 0.15) is 11.1 Å². The first-order valence-electron chi connectivity index (χ1n) is 5.60. The van der Waals surface area contributed by atoms with E-state index in [2.05, 4.69) is 5.43 Å². The molecule has 96 valence electrons. The molecule has 1 unspecified atom stereocenters. The standard InChI is InChI=1S/C13H14Cl2N2O/c14-12-2-1-9(7-13(12)15)5-11(17-16)6-10-3-4-18-8-10/h1-4,7-8,11,17H,5-6,16H2. The van der Waals surface area contributed by atoms with Gasteiger partial charge >= 0.3 is 0 Å². The summed E-state index contributed by atoms with van der Waals surface area (Å²) in [6.07, 6.45) is 4.95. The first-order valence-corrected chi connectivity index (χ1v) is 6.35. The zero-order chi connectivity index (χ0) is 13.0. The third-order valence-electron chi connectivity index (χ3n) is 2.76. The average Bonchev–Trinajstić information content (AvgIpc) is 2.86. The predicted octanol–water partition coefficient (Wildman–Crippen LogP) is 3.20. The highest BCUT2D eigenvalue weighted by Gasteiger charge is 2.10. The molecule has 0 fully saturated rings. The van der Waals surface area contributed by atoms with E-state index in [0.717, 1.165) is 24.0 Å². The van der Waals surface area contributed by atoms with Gasteiger partial charge in [0.15, 0.2) is 0 Å². The Bertz CT molecular complexity index is 500. The fourth-order valence-corrected chi connectivity index (χ4v) is 2.16. The molecule has 0 aliphatic carbocycles. The summed E-state index contributed by atoms with van der Waals surface area (Å²) in [4.78, 5) is 0. The van der Waals surface area contributed by atoms with Crippen LogP contribution in [0.5, 0.6) is 0 Å². The molecule has 1 heterocycles. The Morgan fingerprint density at radius 2 is 1.89 bits per heavy atom. The number of rotatable bonds is 5. The molecule has 3 N–H and O–H groups in total. The number of nitrogens with one attached hydrogen (secondary N) is 1. The molecule has 0 saturated carbocycles. The Hall–Kier alpha value is -1.000. The summed E-state index contributed by atoms with van der Waals surface area (Å²) in [6, 6.07) is 7.67. The highest BCUT2D eigenvalue weighted by Crippen LogP contribution is 2.23. The largest absolute Gasteiger partial charge is 0.472 e. The van der Waals surface area contributed by atoms with E-state index in [9.17, 15) is 0 Å². The molecule has 1 aromatic heterocycles. The third-order valence-corrected chi connectivity index (χ3v) is 3.50. The predicted molar refractivity (Wildman–Crippen MR) is 73.7 cm³/mol. The molecular formula is C13H14Cl2N2O. The second-order valence-corrected chi connectivity index (χ2v) is 4.97. The van der Waals surface area contributed by atoms with Gasteiger partial charge in [0.2, 0.25) is 0 Å². The zero-order valence-corrected chi connectivity index (χ0v) is 11.2. The van der Waals surface area contributed by atoms with Crippen LogP contribution in [0.4, 0.5) is 0 Å². The van der Waals surface area contributed by atoms with Gasteiger partial charge in [0, 0.05) is 6.04 Å². The minimum Gasteiger partial charge on any atom is -0.472 e. The molecule has 0 spiro atoms. The van der Waals surface area contributed by atoms with Crippen molar-refractivity contribution in [2.75, 3.05) is 0 Å². The topological polar surface area (TPSA) is 51.2 Å². The van der Waals surface area contributed by atoms with Gasteiger partial charge in [-0.3, -0.25) is 11.3 Å². The Labute approximate surface area is 116 Å². The van der Waals surface area contributed by atoms with Crippen LogP contribution in [0.3, 0.4) is 0 Å². The van der Waals surface area contributed by atoms with Gasteiger partial charge in [-0.25, -0.2) is 0 Å².